The van der Waals surface area contributed by atoms with E-state index in [4.69, 9.17) is 0 Å². The first-order chi connectivity index (χ1) is 12.5. The molecule has 0 saturated carbocycles. The molecule has 0 aliphatic rings. The maximum absolute atomic E-state index is 12.3. The highest BCUT2D eigenvalue weighted by Crippen LogP contribution is 2.27. The zero-order valence-corrected chi connectivity index (χ0v) is 16.1. The van der Waals surface area contributed by atoms with E-state index in [9.17, 15) is 9.59 Å². The van der Waals surface area contributed by atoms with Gasteiger partial charge in [0, 0.05) is 25.6 Å². The Labute approximate surface area is 156 Å². The average Bonchev–Trinajstić information content (AvgIpc) is 2.64. The highest BCUT2D eigenvalue weighted by molar-refractivity contribution is 5.95. The molecule has 0 aliphatic heterocycles. The van der Waals surface area contributed by atoms with Crippen LogP contribution in [-0.4, -0.2) is 24.9 Å². The van der Waals surface area contributed by atoms with Crippen molar-refractivity contribution < 1.29 is 9.59 Å². The third-order valence-electron chi connectivity index (χ3n) is 4.55. The van der Waals surface area contributed by atoms with Crippen molar-refractivity contribution in [1.29, 1.82) is 0 Å². The van der Waals surface area contributed by atoms with E-state index >= 15 is 0 Å². The third-order valence-corrected chi connectivity index (χ3v) is 4.55. The van der Waals surface area contributed by atoms with Gasteiger partial charge in [0.15, 0.2) is 0 Å². The van der Waals surface area contributed by atoms with Gasteiger partial charge in [-0.05, 0) is 43.0 Å². The second-order valence-corrected chi connectivity index (χ2v) is 6.42. The zero-order valence-electron chi connectivity index (χ0n) is 16.1. The number of benzene rings is 2. The molecule has 2 aromatic carbocycles. The standard InChI is InChI=1S/C22H28N2O2/c1-5-18-8-7-9-19(6-2)21(18)24(17(4)25)15-14-23-22(26)20-12-10-16(3)11-13-20/h7-13H,5-6,14-15H2,1-4H3,(H,23,26). The first-order valence-corrected chi connectivity index (χ1v) is 9.21. The summed E-state index contributed by atoms with van der Waals surface area (Å²) in [6.45, 7) is 8.62. The van der Waals surface area contributed by atoms with E-state index in [1.165, 1.54) is 0 Å². The first-order valence-electron chi connectivity index (χ1n) is 9.21. The molecule has 0 radical (unpaired) electrons. The maximum atomic E-state index is 12.3. The molecule has 0 aliphatic carbocycles. The Bertz CT molecular complexity index is 744. The van der Waals surface area contributed by atoms with Gasteiger partial charge in [-0.1, -0.05) is 49.7 Å². The summed E-state index contributed by atoms with van der Waals surface area (Å²) in [4.78, 5) is 26.3. The monoisotopic (exact) mass is 352 g/mol. The second kappa shape index (κ2) is 9.18. The molecule has 4 heteroatoms. The van der Waals surface area contributed by atoms with Crippen molar-refractivity contribution in [2.75, 3.05) is 18.0 Å². The number of amides is 2. The Balaban J connectivity index is 2.11. The SMILES string of the molecule is CCc1cccc(CC)c1N(CCNC(=O)c1ccc(C)cc1)C(C)=O. The molecular weight excluding hydrogens is 324 g/mol. The first kappa shape index (κ1) is 19.7. The summed E-state index contributed by atoms with van der Waals surface area (Å²) in [5.41, 5.74) is 5.06. The smallest absolute Gasteiger partial charge is 0.251 e. The number of hydrogen-bond acceptors (Lipinski definition) is 2. The summed E-state index contributed by atoms with van der Waals surface area (Å²) in [7, 11) is 0. The number of carbonyl (C=O) groups excluding carboxylic acids is 2. The van der Waals surface area contributed by atoms with Crippen molar-refractivity contribution in [3.05, 3.63) is 64.7 Å². The van der Waals surface area contributed by atoms with Crippen LogP contribution < -0.4 is 10.2 Å². The predicted molar refractivity (Wildman–Crippen MR) is 107 cm³/mol. The minimum atomic E-state index is -0.118. The normalized spacial score (nSPS) is 10.5. The van der Waals surface area contributed by atoms with E-state index in [1.54, 1.807) is 11.8 Å². The van der Waals surface area contributed by atoms with Crippen LogP contribution in [0.2, 0.25) is 0 Å². The van der Waals surface area contributed by atoms with E-state index in [2.05, 4.69) is 31.3 Å². The van der Waals surface area contributed by atoms with Crippen molar-refractivity contribution in [3.8, 4) is 0 Å². The minimum absolute atomic E-state index is 0.00909. The van der Waals surface area contributed by atoms with Crippen LogP contribution >= 0.6 is 0 Å². The molecule has 0 fully saturated rings. The molecule has 0 atom stereocenters. The molecule has 0 heterocycles. The maximum Gasteiger partial charge on any atom is 0.251 e. The fraction of sp³-hybridized carbons (Fsp3) is 0.364. The van der Waals surface area contributed by atoms with Crippen molar-refractivity contribution in [2.45, 2.75) is 40.5 Å². The molecule has 2 rings (SSSR count). The molecule has 2 amide bonds. The summed E-state index contributed by atoms with van der Waals surface area (Å²) in [6.07, 6.45) is 1.73. The number of anilines is 1. The lowest BCUT2D eigenvalue weighted by molar-refractivity contribution is -0.116. The summed E-state index contributed by atoms with van der Waals surface area (Å²) in [6, 6.07) is 13.6. The molecular formula is C22H28N2O2. The van der Waals surface area contributed by atoms with Crippen LogP contribution in [0.15, 0.2) is 42.5 Å². The molecule has 0 aromatic heterocycles. The van der Waals surface area contributed by atoms with E-state index in [1.807, 2.05) is 37.3 Å². The van der Waals surface area contributed by atoms with Gasteiger partial charge in [-0.2, -0.15) is 0 Å². The quantitative estimate of drug-likeness (QED) is 0.821. The van der Waals surface area contributed by atoms with Gasteiger partial charge in [-0.15, -0.1) is 0 Å². The van der Waals surface area contributed by atoms with E-state index in [-0.39, 0.29) is 11.8 Å². The topological polar surface area (TPSA) is 49.4 Å². The summed E-state index contributed by atoms with van der Waals surface area (Å²) in [5.74, 6) is -0.127. The van der Waals surface area contributed by atoms with Gasteiger partial charge < -0.3 is 10.2 Å². The lowest BCUT2D eigenvalue weighted by Gasteiger charge is -2.26. The van der Waals surface area contributed by atoms with Crippen LogP contribution in [-0.2, 0) is 17.6 Å². The number of nitrogens with one attached hydrogen (secondary N) is 1. The summed E-state index contributed by atoms with van der Waals surface area (Å²) >= 11 is 0. The Hall–Kier alpha value is -2.62. The Morgan fingerprint density at radius 1 is 0.962 bits per heavy atom. The van der Waals surface area contributed by atoms with Crippen LogP contribution in [0.3, 0.4) is 0 Å². The van der Waals surface area contributed by atoms with Gasteiger partial charge in [-0.25, -0.2) is 0 Å². The lowest BCUT2D eigenvalue weighted by Crippen LogP contribution is -2.38. The Morgan fingerprint density at radius 2 is 1.54 bits per heavy atom. The van der Waals surface area contributed by atoms with Gasteiger partial charge in [0.25, 0.3) is 5.91 Å². The second-order valence-electron chi connectivity index (χ2n) is 6.42. The number of hydrogen-bond donors (Lipinski definition) is 1. The largest absolute Gasteiger partial charge is 0.350 e. The van der Waals surface area contributed by atoms with Gasteiger partial charge in [0.2, 0.25) is 5.91 Å². The van der Waals surface area contributed by atoms with Gasteiger partial charge in [0.1, 0.15) is 0 Å². The molecule has 138 valence electrons. The lowest BCUT2D eigenvalue weighted by atomic mass is 10.0. The third kappa shape index (κ3) is 4.72. The van der Waals surface area contributed by atoms with Crippen molar-refractivity contribution in [1.82, 2.24) is 5.32 Å². The van der Waals surface area contributed by atoms with Crippen molar-refractivity contribution in [2.24, 2.45) is 0 Å². The molecule has 0 saturated heterocycles. The molecule has 4 nitrogen and oxygen atoms in total. The molecule has 0 spiro atoms. The van der Waals surface area contributed by atoms with Crippen LogP contribution in [0, 0.1) is 6.92 Å². The highest BCUT2D eigenvalue weighted by Gasteiger charge is 2.18. The van der Waals surface area contributed by atoms with E-state index in [0.717, 1.165) is 35.2 Å². The number of rotatable bonds is 7. The Kier molecular flexibility index (Phi) is 6.96. The molecule has 0 bridgehead atoms. The molecule has 2 aromatic rings. The van der Waals surface area contributed by atoms with Crippen LogP contribution in [0.25, 0.3) is 0 Å². The van der Waals surface area contributed by atoms with E-state index in [0.29, 0.717) is 18.7 Å². The number of aryl methyl sites for hydroxylation is 3. The van der Waals surface area contributed by atoms with Crippen LogP contribution in [0.1, 0.15) is 47.8 Å². The predicted octanol–water partition coefficient (Wildman–Crippen LogP) is 3.90. The highest BCUT2D eigenvalue weighted by atomic mass is 16.2. The Morgan fingerprint density at radius 3 is 2.04 bits per heavy atom. The van der Waals surface area contributed by atoms with E-state index < -0.39 is 0 Å². The fourth-order valence-electron chi connectivity index (χ4n) is 3.08. The summed E-state index contributed by atoms with van der Waals surface area (Å²) in [5, 5.41) is 2.92. The van der Waals surface area contributed by atoms with Crippen molar-refractivity contribution >= 4 is 17.5 Å². The molecule has 0 unspecified atom stereocenters. The molecule has 26 heavy (non-hydrogen) atoms. The van der Waals surface area contributed by atoms with Gasteiger partial charge >= 0.3 is 0 Å². The minimum Gasteiger partial charge on any atom is -0.350 e. The molecule has 1 N–H and O–H groups in total. The zero-order chi connectivity index (χ0) is 19.1. The van der Waals surface area contributed by atoms with Gasteiger partial charge in [0.05, 0.1) is 5.69 Å². The number of carbonyl (C=O) groups is 2. The van der Waals surface area contributed by atoms with Crippen LogP contribution in [0.5, 0.6) is 0 Å². The summed E-state index contributed by atoms with van der Waals surface area (Å²) < 4.78 is 0. The van der Waals surface area contributed by atoms with Crippen molar-refractivity contribution in [3.63, 3.8) is 0 Å². The fourth-order valence-corrected chi connectivity index (χ4v) is 3.08. The van der Waals surface area contributed by atoms with Crippen LogP contribution in [0.4, 0.5) is 5.69 Å². The average molecular weight is 352 g/mol. The number of para-hydroxylation sites is 1. The van der Waals surface area contributed by atoms with Gasteiger partial charge in [-0.3, -0.25) is 9.59 Å². The number of nitrogens with zero attached hydrogens (tertiary/aromatic N) is 1.